The van der Waals surface area contributed by atoms with Crippen LogP contribution in [0.1, 0.15) is 11.3 Å². The van der Waals surface area contributed by atoms with Crippen molar-refractivity contribution < 1.29 is 9.59 Å². The molecule has 0 aliphatic carbocycles. The Morgan fingerprint density at radius 3 is 2.89 bits per heavy atom. The lowest BCUT2D eigenvalue weighted by Gasteiger charge is -2.16. The van der Waals surface area contributed by atoms with Gasteiger partial charge in [0.1, 0.15) is 0 Å². The van der Waals surface area contributed by atoms with Crippen molar-refractivity contribution in [2.24, 2.45) is 0 Å². The first-order valence-electron chi connectivity index (χ1n) is 8.44. The Labute approximate surface area is 159 Å². The van der Waals surface area contributed by atoms with E-state index in [9.17, 15) is 9.59 Å². The van der Waals surface area contributed by atoms with Crippen LogP contribution in [0.3, 0.4) is 0 Å². The average molecular weight is 379 g/mol. The molecule has 1 saturated heterocycles. The molecule has 1 fully saturated rings. The fraction of sp³-hybridized carbons (Fsp3) is 0.158. The number of H-pyrrole nitrogens is 1. The molecule has 0 radical (unpaired) electrons. The van der Waals surface area contributed by atoms with Gasteiger partial charge in [0.2, 0.25) is 5.95 Å². The van der Waals surface area contributed by atoms with Gasteiger partial charge in [0.05, 0.1) is 10.6 Å². The summed E-state index contributed by atoms with van der Waals surface area (Å²) in [6.07, 6.45) is 6.13. The van der Waals surface area contributed by atoms with Crippen molar-refractivity contribution in [2.45, 2.75) is 6.42 Å². The maximum Gasteiger partial charge on any atom is 0.290 e. The molecule has 3 aromatic rings. The number of benzene rings is 1. The Hall–Kier alpha value is -3.13. The molecule has 136 valence electrons. The molecular weight excluding hydrogens is 362 g/mol. The number of thioether (sulfide) groups is 1. The van der Waals surface area contributed by atoms with Crippen molar-refractivity contribution in [2.75, 3.05) is 18.5 Å². The fourth-order valence-corrected chi connectivity index (χ4v) is 3.58. The van der Waals surface area contributed by atoms with Gasteiger partial charge in [-0.1, -0.05) is 18.2 Å². The highest BCUT2D eigenvalue weighted by Crippen LogP contribution is 2.25. The molecule has 0 bridgehead atoms. The molecule has 3 heterocycles. The largest absolute Gasteiger partial charge is 0.361 e. The highest BCUT2D eigenvalue weighted by molar-refractivity contribution is 8.18. The molecule has 0 spiro atoms. The minimum Gasteiger partial charge on any atom is -0.361 e. The lowest BCUT2D eigenvalue weighted by atomic mass is 10.1. The van der Waals surface area contributed by atoms with Crippen molar-refractivity contribution >= 4 is 45.8 Å². The molecule has 1 aliphatic rings. The van der Waals surface area contributed by atoms with E-state index in [1.165, 1.54) is 10.9 Å². The Balaban J connectivity index is 1.47. The van der Waals surface area contributed by atoms with Crippen LogP contribution in [0.4, 0.5) is 10.7 Å². The van der Waals surface area contributed by atoms with Crippen LogP contribution in [-0.2, 0) is 11.2 Å². The third-order valence-electron chi connectivity index (χ3n) is 4.32. The number of amides is 2. The minimum atomic E-state index is -0.391. The summed E-state index contributed by atoms with van der Waals surface area (Å²) in [7, 11) is 1.93. The second-order valence-corrected chi connectivity index (χ2v) is 7.18. The number of hydrogen-bond acceptors (Lipinski definition) is 6. The van der Waals surface area contributed by atoms with E-state index in [0.717, 1.165) is 30.2 Å². The van der Waals surface area contributed by atoms with Gasteiger partial charge >= 0.3 is 0 Å². The minimum absolute atomic E-state index is 0.339. The predicted octanol–water partition coefficient (Wildman–Crippen LogP) is 2.96. The van der Waals surface area contributed by atoms with Gasteiger partial charge < -0.3 is 9.88 Å². The van der Waals surface area contributed by atoms with Crippen molar-refractivity contribution in [1.29, 1.82) is 0 Å². The molecule has 7 nitrogen and oxygen atoms in total. The van der Waals surface area contributed by atoms with Crippen LogP contribution >= 0.6 is 11.8 Å². The van der Waals surface area contributed by atoms with E-state index < -0.39 is 5.91 Å². The zero-order valence-electron chi connectivity index (χ0n) is 14.6. The molecule has 4 rings (SSSR count). The lowest BCUT2D eigenvalue weighted by Crippen LogP contribution is -2.22. The van der Waals surface area contributed by atoms with Crippen LogP contribution < -0.4 is 10.2 Å². The molecule has 0 saturated carbocycles. The predicted molar refractivity (Wildman–Crippen MR) is 106 cm³/mol. The van der Waals surface area contributed by atoms with E-state index in [0.29, 0.717) is 16.5 Å². The number of para-hydroxylation sites is 1. The maximum atomic E-state index is 11.7. The number of nitrogens with zero attached hydrogens (tertiary/aromatic N) is 3. The Morgan fingerprint density at radius 2 is 2.07 bits per heavy atom. The number of anilines is 1. The molecule has 1 aromatic carbocycles. The quantitative estimate of drug-likeness (QED) is 0.663. The number of aromatic nitrogens is 3. The summed E-state index contributed by atoms with van der Waals surface area (Å²) in [6.45, 7) is 0.746. The van der Waals surface area contributed by atoms with Gasteiger partial charge in [-0.15, -0.1) is 0 Å². The van der Waals surface area contributed by atoms with E-state index in [2.05, 4.69) is 32.4 Å². The number of rotatable bonds is 5. The summed E-state index contributed by atoms with van der Waals surface area (Å²) in [5.41, 5.74) is 2.96. The molecule has 2 amide bonds. The fourth-order valence-electron chi connectivity index (χ4n) is 2.91. The summed E-state index contributed by atoms with van der Waals surface area (Å²) < 4.78 is 0. The lowest BCUT2D eigenvalue weighted by molar-refractivity contribution is -0.115. The second-order valence-electron chi connectivity index (χ2n) is 6.16. The summed E-state index contributed by atoms with van der Waals surface area (Å²) in [5.74, 6) is 0.178. The molecule has 0 atom stereocenters. The Kier molecular flexibility index (Phi) is 4.64. The number of aromatic amines is 1. The molecule has 1 aliphatic heterocycles. The summed E-state index contributed by atoms with van der Waals surface area (Å²) in [4.78, 5) is 37.3. The van der Waals surface area contributed by atoms with E-state index >= 15 is 0 Å². The number of likely N-dealkylation sites (N-methyl/N-ethyl adjacent to an activating group) is 1. The molecular formula is C19H17N5O2S. The van der Waals surface area contributed by atoms with Crippen molar-refractivity contribution in [3.8, 4) is 0 Å². The monoisotopic (exact) mass is 379 g/mol. The zero-order valence-corrected chi connectivity index (χ0v) is 15.4. The zero-order chi connectivity index (χ0) is 18.8. The third-order valence-corrected chi connectivity index (χ3v) is 5.13. The number of hydrogen-bond donors (Lipinski definition) is 2. The Morgan fingerprint density at radius 1 is 1.22 bits per heavy atom. The molecule has 2 aromatic heterocycles. The molecule has 0 unspecified atom stereocenters. The summed E-state index contributed by atoms with van der Waals surface area (Å²) >= 11 is 0.876. The van der Waals surface area contributed by atoms with Crippen LogP contribution in [0, 0.1) is 0 Å². The molecule has 8 heteroatoms. The van der Waals surface area contributed by atoms with Crippen LogP contribution in [0.5, 0.6) is 0 Å². The summed E-state index contributed by atoms with van der Waals surface area (Å²) in [6, 6.07) is 9.92. The van der Waals surface area contributed by atoms with Crippen molar-refractivity contribution in [3.05, 3.63) is 58.9 Å². The molecule has 2 N–H and O–H groups in total. The SMILES string of the molecule is CN(CCc1c[nH]c2ccccc12)c1nccc(C=C2SC(=O)NC2=O)n1. The average Bonchev–Trinajstić information content (AvgIpc) is 3.22. The number of fused-ring (bicyclic) bond motifs is 1. The van der Waals surface area contributed by atoms with Gasteiger partial charge in [0.15, 0.2) is 0 Å². The smallest absolute Gasteiger partial charge is 0.290 e. The van der Waals surface area contributed by atoms with Crippen molar-refractivity contribution in [1.82, 2.24) is 20.3 Å². The number of imide groups is 1. The van der Waals surface area contributed by atoms with Crippen molar-refractivity contribution in [3.63, 3.8) is 0 Å². The van der Waals surface area contributed by atoms with Crippen LogP contribution in [0.15, 0.2) is 47.6 Å². The van der Waals surface area contributed by atoms with Gasteiger partial charge in [0, 0.05) is 36.9 Å². The topological polar surface area (TPSA) is 91.0 Å². The van der Waals surface area contributed by atoms with E-state index in [4.69, 9.17) is 0 Å². The first-order valence-corrected chi connectivity index (χ1v) is 9.26. The third kappa shape index (κ3) is 3.70. The van der Waals surface area contributed by atoms with Gasteiger partial charge in [0.25, 0.3) is 11.1 Å². The van der Waals surface area contributed by atoms with Crippen LogP contribution in [0.2, 0.25) is 0 Å². The molecule has 27 heavy (non-hydrogen) atoms. The summed E-state index contributed by atoms with van der Waals surface area (Å²) in [5, 5.41) is 3.09. The standard InChI is InChI=1S/C19H17N5O2S/c1-24(9-7-12-11-21-15-5-3-2-4-14(12)15)18-20-8-6-13(22-18)10-16-17(25)23-19(26)27-16/h2-6,8,10-11,21H,7,9H2,1H3,(H,23,25,26). The van der Waals surface area contributed by atoms with Gasteiger partial charge in [-0.05, 0) is 42.0 Å². The van der Waals surface area contributed by atoms with E-state index in [-0.39, 0.29) is 5.24 Å². The highest BCUT2D eigenvalue weighted by atomic mass is 32.2. The van der Waals surface area contributed by atoms with Gasteiger partial charge in [-0.3, -0.25) is 14.9 Å². The van der Waals surface area contributed by atoms with Crippen LogP contribution in [-0.4, -0.2) is 39.7 Å². The number of carbonyl (C=O) groups excluding carboxylic acids is 2. The first-order chi connectivity index (χ1) is 13.1. The van der Waals surface area contributed by atoms with Crippen LogP contribution in [0.25, 0.3) is 17.0 Å². The Bertz CT molecular complexity index is 1060. The second kappa shape index (κ2) is 7.24. The maximum absolute atomic E-state index is 11.7. The number of nitrogens with one attached hydrogen (secondary N) is 2. The normalized spacial score (nSPS) is 15.5. The van der Waals surface area contributed by atoms with E-state index in [1.807, 2.05) is 30.3 Å². The van der Waals surface area contributed by atoms with E-state index in [1.54, 1.807) is 18.3 Å². The van der Waals surface area contributed by atoms with Gasteiger partial charge in [-0.2, -0.15) is 0 Å². The highest BCUT2D eigenvalue weighted by Gasteiger charge is 2.25. The first kappa shape index (κ1) is 17.3. The number of carbonyl (C=O) groups is 2. The van der Waals surface area contributed by atoms with Gasteiger partial charge in [-0.25, -0.2) is 9.97 Å².